The van der Waals surface area contributed by atoms with Crippen molar-refractivity contribution < 1.29 is 0 Å². The highest BCUT2D eigenvalue weighted by atomic mass is 15.2. The van der Waals surface area contributed by atoms with E-state index in [1.807, 2.05) is 0 Å². The van der Waals surface area contributed by atoms with Crippen LogP contribution in [-0.2, 0) is 21.7 Å². The van der Waals surface area contributed by atoms with Gasteiger partial charge in [-0.2, -0.15) is 0 Å². The molecule has 5 aliphatic carbocycles. The zero-order valence-electron chi connectivity index (χ0n) is 76.3. The van der Waals surface area contributed by atoms with E-state index in [2.05, 4.69) is 529 Å². The van der Waals surface area contributed by atoms with Crippen LogP contribution in [-0.4, -0.2) is 9.13 Å². The molecule has 0 unspecified atom stereocenters. The van der Waals surface area contributed by atoms with Crippen LogP contribution in [0.2, 0.25) is 0 Å². The summed E-state index contributed by atoms with van der Waals surface area (Å²) in [5, 5.41) is 4.93. The topological polar surface area (TPSA) is 16.3 Å². The molecule has 3 spiro atoms. The Morgan fingerprint density at radius 3 is 0.843 bits per heavy atom. The first-order valence-electron chi connectivity index (χ1n) is 49.0. The minimum atomic E-state index is -0.743. The normalized spacial score (nSPS) is 14.2. The van der Waals surface area contributed by atoms with Crippen molar-refractivity contribution in [2.75, 3.05) is 9.80 Å². The number of aromatic nitrogens is 2. The highest BCUT2D eigenvalue weighted by Gasteiger charge is 2.56. The average Bonchev–Trinajstić information content (AvgIpc) is 1.48. The highest BCUT2D eigenvalue weighted by Crippen LogP contribution is 2.68. The van der Waals surface area contributed by atoms with E-state index in [1.54, 1.807) is 0 Å². The maximum Gasteiger partial charge on any atom is 0.0755 e. The zero-order valence-corrected chi connectivity index (χ0v) is 76.3. The van der Waals surface area contributed by atoms with Gasteiger partial charge in [-0.3, -0.25) is 0 Å². The highest BCUT2D eigenvalue weighted by molar-refractivity contribution is 6.16. The smallest absolute Gasteiger partial charge is 0.0755 e. The molecule has 4 nitrogen and oxygen atoms in total. The molecule has 140 heavy (non-hydrogen) atoms. The van der Waals surface area contributed by atoms with E-state index in [4.69, 9.17) is 0 Å². The first kappa shape index (κ1) is 77.3. The fourth-order valence-electron chi connectivity index (χ4n) is 27.5. The van der Waals surface area contributed by atoms with Crippen LogP contribution in [0.25, 0.3) is 144 Å². The molecule has 0 amide bonds. The van der Waals surface area contributed by atoms with Crippen molar-refractivity contribution in [3.8, 4) is 100 Å². The first-order chi connectivity index (χ1) is 69.4. The van der Waals surface area contributed by atoms with E-state index >= 15 is 0 Å². The Labute approximate surface area is 811 Å². The molecule has 0 saturated heterocycles. The molecule has 0 atom stereocenters. The summed E-state index contributed by atoms with van der Waals surface area (Å²) >= 11 is 0. The summed E-state index contributed by atoms with van der Waals surface area (Å²) in [4.78, 5) is 5.12. The average molecular weight is 1770 g/mol. The summed E-state index contributed by atoms with van der Waals surface area (Å²) in [6.45, 7) is 0. The lowest BCUT2D eigenvalue weighted by atomic mass is 9.65. The molecule has 0 radical (unpaired) electrons. The third-order valence-corrected chi connectivity index (χ3v) is 32.7. The molecule has 648 valence electrons. The lowest BCUT2D eigenvalue weighted by Gasteiger charge is -2.40. The van der Waals surface area contributed by atoms with Gasteiger partial charge in [0.1, 0.15) is 0 Å². The van der Waals surface area contributed by atoms with Crippen molar-refractivity contribution in [3.05, 3.63) is 599 Å². The van der Waals surface area contributed by atoms with Crippen LogP contribution in [0, 0.1) is 0 Å². The van der Waals surface area contributed by atoms with E-state index < -0.39 is 21.7 Å². The quantitative estimate of drug-likeness (QED) is 0.128. The minimum Gasteiger partial charge on any atom is -0.310 e. The number of anilines is 6. The van der Waals surface area contributed by atoms with Crippen molar-refractivity contribution >= 4 is 77.7 Å². The van der Waals surface area contributed by atoms with Crippen LogP contribution in [0.1, 0.15) is 89.0 Å². The largest absolute Gasteiger partial charge is 0.310 e. The minimum absolute atomic E-state index is 0.576. The van der Waals surface area contributed by atoms with Gasteiger partial charge in [0.2, 0.25) is 0 Å². The van der Waals surface area contributed by atoms with Gasteiger partial charge in [0.15, 0.2) is 0 Å². The molecule has 24 aromatic rings. The molecule has 7 aliphatic rings. The molecular formula is C136H84N4. The van der Waals surface area contributed by atoms with Crippen LogP contribution in [0.15, 0.2) is 510 Å². The second kappa shape index (κ2) is 28.8. The van der Waals surface area contributed by atoms with Crippen molar-refractivity contribution in [1.82, 2.24) is 9.13 Å². The molecule has 4 heteroatoms. The third-order valence-electron chi connectivity index (χ3n) is 32.7. The lowest BCUT2D eigenvalue weighted by Crippen LogP contribution is -2.33. The van der Waals surface area contributed by atoms with E-state index in [-0.39, 0.29) is 0 Å². The molecule has 0 fully saturated rings. The summed E-state index contributed by atoms with van der Waals surface area (Å²) in [7, 11) is 0. The number of hydrogen-bond acceptors (Lipinski definition) is 2. The van der Waals surface area contributed by atoms with Gasteiger partial charge in [-0.15, -0.1) is 0 Å². The number of nitrogens with zero attached hydrogens (tertiary/aromatic N) is 4. The van der Waals surface area contributed by atoms with Gasteiger partial charge in [0.25, 0.3) is 0 Å². The molecule has 0 bridgehead atoms. The van der Waals surface area contributed by atoms with E-state index in [0.29, 0.717) is 0 Å². The van der Waals surface area contributed by atoms with Crippen LogP contribution in [0.3, 0.4) is 0 Å². The fraction of sp³-hybridized carbons (Fsp3) is 0.0294. The monoisotopic (exact) mass is 1770 g/mol. The molecule has 22 aromatic carbocycles. The third kappa shape index (κ3) is 10.0. The molecule has 0 saturated carbocycles. The number of rotatable bonds is 11. The van der Waals surface area contributed by atoms with Crippen molar-refractivity contribution in [2.24, 2.45) is 0 Å². The Balaban J connectivity index is 0.588. The summed E-state index contributed by atoms with van der Waals surface area (Å²) in [5.41, 5.74) is 50.8. The van der Waals surface area contributed by atoms with E-state index in [1.165, 1.54) is 188 Å². The number of para-hydroxylation sites is 3. The lowest BCUT2D eigenvalue weighted by molar-refractivity contribution is 0.748. The van der Waals surface area contributed by atoms with Gasteiger partial charge in [0, 0.05) is 55.7 Å². The second-order valence-corrected chi connectivity index (χ2v) is 39.0. The van der Waals surface area contributed by atoms with Gasteiger partial charge in [-0.25, -0.2) is 0 Å². The molecular weight excluding hydrogens is 1690 g/mol. The Morgan fingerprint density at radius 1 is 0.143 bits per heavy atom. The predicted octanol–water partition coefficient (Wildman–Crippen LogP) is 33.9. The van der Waals surface area contributed by atoms with Crippen LogP contribution in [0.4, 0.5) is 34.1 Å². The summed E-state index contributed by atoms with van der Waals surface area (Å²) in [5.74, 6) is 0. The standard InChI is InChI=1S/C136H84N4/c1-4-33-85(34-5-1)88-37-29-43-93(78-88)137(95-68-72-107-105-51-10-19-56-113(105)133(123(107)81-95,91-39-6-2-7-40-91)92-41-8-3-9-42-92)97-71-76-130-126(84-97)136(119-62-25-15-49-103(119)104-50-16-26-63-120(104)136)122-65-32-55-111-112-80-90(67-74-128(112)140(130)132(111)122)87-36-28-35-86(77-87)89-38-30-44-94(79-89)138(96-69-73-108-106-52-17-22-59-116(106)134(124(108)82-96)114-57-20-11-45-99(114)100-46-12-21-58-115(100)134)98-70-75-129-125(83-98)135(117-60-23-13-47-101(117)102-48-14-24-61-118(102)135)121-64-31-54-110-109-53-18-27-66-127(109)139(129)131(110)121/h1-84H. The number of hydrogen-bond donors (Lipinski definition) is 0. The maximum atomic E-state index is 2.62. The first-order valence-corrected chi connectivity index (χ1v) is 49.0. The van der Waals surface area contributed by atoms with Gasteiger partial charge >= 0.3 is 0 Å². The fourth-order valence-corrected chi connectivity index (χ4v) is 27.5. The molecule has 4 heterocycles. The molecule has 2 aromatic heterocycles. The van der Waals surface area contributed by atoms with Gasteiger partial charge < -0.3 is 18.9 Å². The Bertz CT molecular complexity index is 9300. The van der Waals surface area contributed by atoms with E-state index in [0.717, 1.165) is 78.7 Å². The molecule has 31 rings (SSSR count). The Kier molecular flexibility index (Phi) is 15.9. The number of benzene rings is 22. The molecule has 2 aliphatic heterocycles. The SMILES string of the molecule is c1ccc(-c2cccc(N(c3ccc4c(c3)C(c3ccccc3)(c3ccccc3)c3ccccc3-4)c3ccc4c(c3)C3(c5ccccc5-c5ccccc53)c3cccc5c6cc(-c7cccc(-c8cccc(N(c9ccc%10c(c9)C9(c%11ccccc%11-c%11ccccc%119)c9ccccc9-%10)c9ccc%10c(c9)C9(c%11ccccc%11-c%11ccccc%119)c9cccc%11c%12ccccc%12n-%10c9%11)c8)c7)ccc6n-4c35)c2)cc1. The van der Waals surface area contributed by atoms with Crippen LogP contribution >= 0.6 is 0 Å². The summed E-state index contributed by atoms with van der Waals surface area (Å²) in [6.07, 6.45) is 0. The van der Waals surface area contributed by atoms with Crippen molar-refractivity contribution in [3.63, 3.8) is 0 Å². The molecule has 0 N–H and O–H groups in total. The number of fused-ring (bicyclic) bond motifs is 37. The maximum absolute atomic E-state index is 2.62. The Hall–Kier alpha value is -18.0. The van der Waals surface area contributed by atoms with Crippen molar-refractivity contribution in [1.29, 1.82) is 0 Å². The zero-order chi connectivity index (χ0) is 91.4. The van der Waals surface area contributed by atoms with E-state index in [9.17, 15) is 0 Å². The summed E-state index contributed by atoms with van der Waals surface area (Å²) < 4.78 is 5.20. The summed E-state index contributed by atoms with van der Waals surface area (Å²) in [6, 6.07) is 195. The second-order valence-electron chi connectivity index (χ2n) is 39.0. The van der Waals surface area contributed by atoms with Gasteiger partial charge in [-0.1, -0.05) is 400 Å². The van der Waals surface area contributed by atoms with Gasteiger partial charge in [-0.05, 0) is 287 Å². The predicted molar refractivity (Wildman–Crippen MR) is 576 cm³/mol. The van der Waals surface area contributed by atoms with Crippen molar-refractivity contribution in [2.45, 2.75) is 21.7 Å². The van der Waals surface area contributed by atoms with Gasteiger partial charge in [0.05, 0.1) is 55.1 Å². The van der Waals surface area contributed by atoms with Crippen LogP contribution < -0.4 is 9.80 Å². The Morgan fingerprint density at radius 2 is 0.414 bits per heavy atom. The van der Waals surface area contributed by atoms with Crippen LogP contribution in [0.5, 0.6) is 0 Å².